The molecule has 0 aliphatic carbocycles. The Kier molecular flexibility index (Phi) is 4.04. The first-order valence-corrected chi connectivity index (χ1v) is 8.06. The molecule has 132 valence electrons. The van der Waals surface area contributed by atoms with E-state index in [0.29, 0.717) is 17.4 Å². The standard InChI is InChI=1S/C19H17FN4O2/c1-25-17-8-5-13(9-18(17)26-2)15-10-16(12-3-6-14(20)7-4-12)24-11-21-23-19(24)22-15/h3-11,15H,1-2H3,(H,22,23). The zero-order valence-electron chi connectivity index (χ0n) is 14.3. The molecule has 1 N–H and O–H groups in total. The lowest BCUT2D eigenvalue weighted by atomic mass is 10.0. The Labute approximate surface area is 149 Å². The van der Waals surface area contributed by atoms with E-state index in [1.54, 1.807) is 32.7 Å². The fourth-order valence-corrected chi connectivity index (χ4v) is 3.01. The van der Waals surface area contributed by atoms with Gasteiger partial charge in [-0.2, -0.15) is 0 Å². The van der Waals surface area contributed by atoms with E-state index >= 15 is 0 Å². The van der Waals surface area contributed by atoms with Gasteiger partial charge >= 0.3 is 0 Å². The van der Waals surface area contributed by atoms with E-state index < -0.39 is 0 Å². The summed E-state index contributed by atoms with van der Waals surface area (Å²) in [5.41, 5.74) is 2.74. The van der Waals surface area contributed by atoms with Gasteiger partial charge in [0.1, 0.15) is 12.1 Å². The van der Waals surface area contributed by atoms with Gasteiger partial charge in [0.25, 0.3) is 0 Å². The number of anilines is 1. The quantitative estimate of drug-likeness (QED) is 0.779. The number of benzene rings is 2. The van der Waals surface area contributed by atoms with Gasteiger partial charge in [-0.05, 0) is 53.6 Å². The molecule has 7 heteroatoms. The second kappa shape index (κ2) is 6.51. The van der Waals surface area contributed by atoms with E-state index in [1.165, 1.54) is 12.1 Å². The van der Waals surface area contributed by atoms with Crippen LogP contribution >= 0.6 is 0 Å². The number of rotatable bonds is 4. The summed E-state index contributed by atoms with van der Waals surface area (Å²) in [5, 5.41) is 11.4. The SMILES string of the molecule is COc1ccc(C2C=C(c3ccc(F)cc3)n3cnnc3N2)cc1OC. The Bertz CT molecular complexity index is 966. The van der Waals surface area contributed by atoms with Crippen molar-refractivity contribution in [2.24, 2.45) is 0 Å². The lowest BCUT2D eigenvalue weighted by molar-refractivity contribution is 0.354. The summed E-state index contributed by atoms with van der Waals surface area (Å²) in [7, 11) is 3.21. The van der Waals surface area contributed by atoms with Gasteiger partial charge in [-0.3, -0.25) is 4.57 Å². The van der Waals surface area contributed by atoms with Crippen LogP contribution in [0.1, 0.15) is 17.2 Å². The molecular formula is C19H17FN4O2. The second-order valence-corrected chi connectivity index (χ2v) is 5.82. The number of aromatic nitrogens is 3. The minimum atomic E-state index is -0.274. The van der Waals surface area contributed by atoms with Crippen molar-refractivity contribution in [3.8, 4) is 11.5 Å². The molecule has 0 fully saturated rings. The van der Waals surface area contributed by atoms with Crippen molar-refractivity contribution < 1.29 is 13.9 Å². The van der Waals surface area contributed by atoms with Crippen molar-refractivity contribution in [2.45, 2.75) is 6.04 Å². The van der Waals surface area contributed by atoms with Crippen LogP contribution in [0.15, 0.2) is 54.9 Å². The van der Waals surface area contributed by atoms with Crippen LogP contribution in [-0.4, -0.2) is 29.0 Å². The average Bonchev–Trinajstić information content (AvgIpc) is 3.16. The van der Waals surface area contributed by atoms with Gasteiger partial charge in [-0.25, -0.2) is 4.39 Å². The molecule has 0 bridgehead atoms. The zero-order valence-corrected chi connectivity index (χ0v) is 14.3. The zero-order chi connectivity index (χ0) is 18.1. The molecule has 3 aromatic rings. The minimum Gasteiger partial charge on any atom is -0.493 e. The Morgan fingerprint density at radius 3 is 2.54 bits per heavy atom. The van der Waals surface area contributed by atoms with Gasteiger partial charge < -0.3 is 14.8 Å². The van der Waals surface area contributed by atoms with Gasteiger partial charge in [0.2, 0.25) is 5.95 Å². The van der Waals surface area contributed by atoms with Crippen LogP contribution in [0.25, 0.3) is 5.70 Å². The summed E-state index contributed by atoms with van der Waals surface area (Å²) in [6.45, 7) is 0. The van der Waals surface area contributed by atoms with Gasteiger partial charge in [-0.15, -0.1) is 10.2 Å². The largest absolute Gasteiger partial charge is 0.493 e. The highest BCUT2D eigenvalue weighted by Crippen LogP contribution is 2.35. The molecule has 2 heterocycles. The van der Waals surface area contributed by atoms with Crippen molar-refractivity contribution in [2.75, 3.05) is 19.5 Å². The molecule has 1 aromatic heterocycles. The fraction of sp³-hybridized carbons (Fsp3) is 0.158. The van der Waals surface area contributed by atoms with Gasteiger partial charge in [0.15, 0.2) is 11.5 Å². The Morgan fingerprint density at radius 1 is 1.04 bits per heavy atom. The van der Waals surface area contributed by atoms with Crippen molar-refractivity contribution in [1.29, 1.82) is 0 Å². The van der Waals surface area contributed by atoms with Crippen LogP contribution in [0, 0.1) is 5.82 Å². The summed E-state index contributed by atoms with van der Waals surface area (Å²) in [6.07, 6.45) is 3.67. The number of hydrogen-bond acceptors (Lipinski definition) is 5. The molecular weight excluding hydrogens is 335 g/mol. The van der Waals surface area contributed by atoms with Gasteiger partial charge in [-0.1, -0.05) is 6.07 Å². The highest BCUT2D eigenvalue weighted by atomic mass is 19.1. The first-order valence-electron chi connectivity index (χ1n) is 8.06. The number of hydrogen-bond donors (Lipinski definition) is 1. The number of ether oxygens (including phenoxy) is 2. The first kappa shape index (κ1) is 16.1. The van der Waals surface area contributed by atoms with Crippen LogP contribution in [0.5, 0.6) is 11.5 Å². The number of methoxy groups -OCH3 is 2. The third kappa shape index (κ3) is 2.77. The Balaban J connectivity index is 1.78. The maximum absolute atomic E-state index is 13.3. The predicted octanol–water partition coefficient (Wildman–Crippen LogP) is 3.49. The molecule has 1 atom stereocenters. The third-order valence-electron chi connectivity index (χ3n) is 4.32. The molecule has 1 unspecified atom stereocenters. The molecule has 0 saturated carbocycles. The average molecular weight is 352 g/mol. The maximum Gasteiger partial charge on any atom is 0.229 e. The predicted molar refractivity (Wildman–Crippen MR) is 95.7 cm³/mol. The van der Waals surface area contributed by atoms with Gasteiger partial charge in [0.05, 0.1) is 26.0 Å². The molecule has 0 spiro atoms. The molecule has 0 radical (unpaired) electrons. The Morgan fingerprint density at radius 2 is 1.81 bits per heavy atom. The number of halogens is 1. The lowest BCUT2D eigenvalue weighted by Crippen LogP contribution is -2.19. The van der Waals surface area contributed by atoms with Gasteiger partial charge in [0, 0.05) is 0 Å². The topological polar surface area (TPSA) is 61.2 Å². The van der Waals surface area contributed by atoms with E-state index in [0.717, 1.165) is 16.8 Å². The molecule has 4 rings (SSSR count). The van der Waals surface area contributed by atoms with Crippen LogP contribution in [0.4, 0.5) is 10.3 Å². The molecule has 2 aromatic carbocycles. The smallest absolute Gasteiger partial charge is 0.229 e. The van der Waals surface area contributed by atoms with E-state index in [-0.39, 0.29) is 11.9 Å². The second-order valence-electron chi connectivity index (χ2n) is 5.82. The maximum atomic E-state index is 13.3. The van der Waals surface area contributed by atoms with Crippen LogP contribution in [-0.2, 0) is 0 Å². The normalized spacial score (nSPS) is 15.7. The minimum absolute atomic E-state index is 0.147. The van der Waals surface area contributed by atoms with Crippen LogP contribution < -0.4 is 14.8 Å². The van der Waals surface area contributed by atoms with Crippen molar-refractivity contribution >= 4 is 11.6 Å². The van der Waals surface area contributed by atoms with E-state index in [4.69, 9.17) is 9.47 Å². The Hall–Kier alpha value is -3.35. The summed E-state index contributed by atoms with van der Waals surface area (Å²) in [6, 6.07) is 11.9. The summed E-state index contributed by atoms with van der Waals surface area (Å²) in [5.74, 6) is 1.66. The lowest BCUT2D eigenvalue weighted by Gasteiger charge is -2.25. The first-order chi connectivity index (χ1) is 12.7. The monoisotopic (exact) mass is 352 g/mol. The van der Waals surface area contributed by atoms with Crippen molar-refractivity contribution in [3.05, 3.63) is 71.8 Å². The fourth-order valence-electron chi connectivity index (χ4n) is 3.01. The third-order valence-corrected chi connectivity index (χ3v) is 4.32. The van der Waals surface area contributed by atoms with Crippen molar-refractivity contribution in [1.82, 2.24) is 14.8 Å². The van der Waals surface area contributed by atoms with E-state index in [2.05, 4.69) is 15.5 Å². The summed E-state index contributed by atoms with van der Waals surface area (Å²) in [4.78, 5) is 0. The molecule has 1 aliphatic rings. The number of nitrogens with one attached hydrogen (secondary N) is 1. The van der Waals surface area contributed by atoms with E-state index in [1.807, 2.05) is 28.8 Å². The summed E-state index contributed by atoms with van der Waals surface area (Å²) < 4.78 is 25.8. The molecule has 1 aliphatic heterocycles. The van der Waals surface area contributed by atoms with E-state index in [9.17, 15) is 4.39 Å². The van der Waals surface area contributed by atoms with Crippen molar-refractivity contribution in [3.63, 3.8) is 0 Å². The molecule has 0 amide bonds. The molecule has 0 saturated heterocycles. The summed E-state index contributed by atoms with van der Waals surface area (Å²) >= 11 is 0. The number of nitrogens with zero attached hydrogens (tertiary/aromatic N) is 3. The van der Waals surface area contributed by atoms with Crippen LogP contribution in [0.2, 0.25) is 0 Å². The van der Waals surface area contributed by atoms with Crippen LogP contribution in [0.3, 0.4) is 0 Å². The molecule has 6 nitrogen and oxygen atoms in total. The molecule has 26 heavy (non-hydrogen) atoms. The number of fused-ring (bicyclic) bond motifs is 1. The highest BCUT2D eigenvalue weighted by Gasteiger charge is 2.23. The highest BCUT2D eigenvalue weighted by molar-refractivity contribution is 5.72.